The van der Waals surface area contributed by atoms with E-state index in [1.165, 1.54) is 22.0 Å². The summed E-state index contributed by atoms with van der Waals surface area (Å²) in [4.78, 5) is 0. The third-order valence-corrected chi connectivity index (χ3v) is 5.55. The number of thioether (sulfide) groups is 1. The maximum Gasteiger partial charge on any atom is 0.124 e. The molecule has 2 unspecified atom stereocenters. The fourth-order valence-corrected chi connectivity index (χ4v) is 4.50. The molecule has 0 bridgehead atoms. The van der Waals surface area contributed by atoms with Crippen LogP contribution in [0.2, 0.25) is 0 Å². The molecular formula is C13H18BrNOS. The van der Waals surface area contributed by atoms with E-state index in [-0.39, 0.29) is 0 Å². The number of rotatable bonds is 3. The number of methoxy groups -OCH3 is 1. The van der Waals surface area contributed by atoms with Crippen molar-refractivity contribution in [2.75, 3.05) is 14.2 Å². The number of hydrogen-bond acceptors (Lipinski definition) is 3. The van der Waals surface area contributed by atoms with E-state index in [0.29, 0.717) is 11.3 Å². The fraction of sp³-hybridized carbons (Fsp3) is 0.538. The number of halogens is 1. The fourth-order valence-electron chi connectivity index (χ4n) is 2.44. The number of nitrogens with one attached hydrogen (secondary N) is 1. The van der Waals surface area contributed by atoms with Crippen LogP contribution < -0.4 is 10.1 Å². The van der Waals surface area contributed by atoms with Crippen LogP contribution in [-0.2, 0) is 5.75 Å². The van der Waals surface area contributed by atoms with Crippen LogP contribution in [0.1, 0.15) is 30.5 Å². The molecule has 0 amide bonds. The molecule has 0 saturated carbocycles. The SMILES string of the molecule is CCC1SCc2c(Br)ccc(OC)c2C1NC. The van der Waals surface area contributed by atoms with Crippen molar-refractivity contribution in [3.63, 3.8) is 0 Å². The molecule has 2 nitrogen and oxygen atoms in total. The number of ether oxygens (including phenoxy) is 1. The number of benzene rings is 1. The first-order valence-corrected chi connectivity index (χ1v) is 7.71. The van der Waals surface area contributed by atoms with Crippen molar-refractivity contribution in [2.45, 2.75) is 30.4 Å². The van der Waals surface area contributed by atoms with E-state index >= 15 is 0 Å². The Hall–Kier alpha value is -0.190. The van der Waals surface area contributed by atoms with Gasteiger partial charge < -0.3 is 10.1 Å². The van der Waals surface area contributed by atoms with Gasteiger partial charge in [0.15, 0.2) is 0 Å². The lowest BCUT2D eigenvalue weighted by molar-refractivity contribution is 0.397. The molecule has 2 rings (SSSR count). The van der Waals surface area contributed by atoms with Gasteiger partial charge in [0.2, 0.25) is 0 Å². The molecule has 94 valence electrons. The molecule has 4 heteroatoms. The molecule has 1 aliphatic heterocycles. The Kier molecular flexibility index (Phi) is 4.39. The largest absolute Gasteiger partial charge is 0.496 e. The van der Waals surface area contributed by atoms with Crippen molar-refractivity contribution in [3.8, 4) is 5.75 Å². The number of hydrogen-bond donors (Lipinski definition) is 1. The summed E-state index contributed by atoms with van der Waals surface area (Å²) in [5.74, 6) is 2.06. The predicted molar refractivity (Wildman–Crippen MR) is 77.9 cm³/mol. The van der Waals surface area contributed by atoms with Gasteiger partial charge in [-0.25, -0.2) is 0 Å². The Morgan fingerprint density at radius 1 is 1.53 bits per heavy atom. The average Bonchev–Trinajstić information content (AvgIpc) is 2.38. The average molecular weight is 316 g/mol. The highest BCUT2D eigenvalue weighted by Gasteiger charge is 2.31. The van der Waals surface area contributed by atoms with E-state index in [2.05, 4.69) is 40.3 Å². The molecule has 0 radical (unpaired) electrons. The molecule has 0 aromatic heterocycles. The highest BCUT2D eigenvalue weighted by Crippen LogP contribution is 2.45. The summed E-state index contributed by atoms with van der Waals surface area (Å²) in [6.07, 6.45) is 1.17. The van der Waals surface area contributed by atoms with Crippen LogP contribution in [0, 0.1) is 0 Å². The summed E-state index contributed by atoms with van der Waals surface area (Å²) < 4.78 is 6.71. The molecule has 1 aromatic rings. The molecule has 17 heavy (non-hydrogen) atoms. The Labute approximate surface area is 116 Å². The molecule has 1 aliphatic rings. The second kappa shape index (κ2) is 5.63. The van der Waals surface area contributed by atoms with E-state index in [4.69, 9.17) is 4.74 Å². The molecule has 0 fully saturated rings. The van der Waals surface area contributed by atoms with Crippen LogP contribution in [0.4, 0.5) is 0 Å². The van der Waals surface area contributed by atoms with E-state index in [1.807, 2.05) is 18.8 Å². The summed E-state index contributed by atoms with van der Waals surface area (Å²) in [6, 6.07) is 4.51. The van der Waals surface area contributed by atoms with E-state index in [9.17, 15) is 0 Å². The Morgan fingerprint density at radius 2 is 2.29 bits per heavy atom. The summed E-state index contributed by atoms with van der Waals surface area (Å²) in [7, 11) is 3.78. The third-order valence-electron chi connectivity index (χ3n) is 3.32. The minimum atomic E-state index is 0.376. The molecule has 1 heterocycles. The van der Waals surface area contributed by atoms with Gasteiger partial charge in [-0.1, -0.05) is 22.9 Å². The quantitative estimate of drug-likeness (QED) is 0.918. The van der Waals surface area contributed by atoms with Gasteiger partial charge in [-0.2, -0.15) is 11.8 Å². The van der Waals surface area contributed by atoms with Crippen LogP contribution in [0.3, 0.4) is 0 Å². The first kappa shape index (κ1) is 13.2. The zero-order chi connectivity index (χ0) is 12.4. The highest BCUT2D eigenvalue weighted by atomic mass is 79.9. The van der Waals surface area contributed by atoms with Gasteiger partial charge in [-0.3, -0.25) is 0 Å². The Bertz CT molecular complexity index is 411. The topological polar surface area (TPSA) is 21.3 Å². The summed E-state index contributed by atoms with van der Waals surface area (Å²) in [5, 5.41) is 4.06. The van der Waals surface area contributed by atoms with Crippen molar-refractivity contribution in [3.05, 3.63) is 27.7 Å². The van der Waals surface area contributed by atoms with Gasteiger partial charge in [0, 0.05) is 27.1 Å². The summed E-state index contributed by atoms with van der Waals surface area (Å²) >= 11 is 5.67. The second-order valence-corrected chi connectivity index (χ2v) is 6.25. The predicted octanol–water partition coefficient (Wildman–Crippen LogP) is 3.74. The van der Waals surface area contributed by atoms with Gasteiger partial charge in [0.25, 0.3) is 0 Å². The van der Waals surface area contributed by atoms with Crippen molar-refractivity contribution in [1.29, 1.82) is 0 Å². The maximum absolute atomic E-state index is 5.52. The molecule has 0 aliphatic carbocycles. The van der Waals surface area contributed by atoms with Crippen molar-refractivity contribution < 1.29 is 4.74 Å². The molecule has 1 N–H and O–H groups in total. The first-order chi connectivity index (χ1) is 8.22. The van der Waals surface area contributed by atoms with Gasteiger partial charge in [-0.05, 0) is 31.2 Å². The van der Waals surface area contributed by atoms with E-state index in [1.54, 1.807) is 7.11 Å². The van der Waals surface area contributed by atoms with Crippen molar-refractivity contribution in [2.24, 2.45) is 0 Å². The Morgan fingerprint density at radius 3 is 2.88 bits per heavy atom. The maximum atomic E-state index is 5.52. The lowest BCUT2D eigenvalue weighted by atomic mass is 9.95. The van der Waals surface area contributed by atoms with Crippen LogP contribution in [-0.4, -0.2) is 19.4 Å². The lowest BCUT2D eigenvalue weighted by Gasteiger charge is -2.34. The van der Waals surface area contributed by atoms with Gasteiger partial charge in [0.1, 0.15) is 5.75 Å². The molecular weight excluding hydrogens is 298 g/mol. The van der Waals surface area contributed by atoms with E-state index < -0.39 is 0 Å². The van der Waals surface area contributed by atoms with Crippen LogP contribution >= 0.6 is 27.7 Å². The van der Waals surface area contributed by atoms with Crippen LogP contribution in [0.25, 0.3) is 0 Å². The van der Waals surface area contributed by atoms with Crippen molar-refractivity contribution >= 4 is 27.7 Å². The molecule has 1 aromatic carbocycles. The summed E-state index contributed by atoms with van der Waals surface area (Å²) in [6.45, 7) is 2.25. The van der Waals surface area contributed by atoms with Gasteiger partial charge >= 0.3 is 0 Å². The summed E-state index contributed by atoms with van der Waals surface area (Å²) in [5.41, 5.74) is 2.70. The zero-order valence-electron chi connectivity index (χ0n) is 10.4. The smallest absolute Gasteiger partial charge is 0.124 e. The van der Waals surface area contributed by atoms with Gasteiger partial charge in [-0.15, -0.1) is 0 Å². The molecule has 0 spiro atoms. The number of fused-ring (bicyclic) bond motifs is 1. The lowest BCUT2D eigenvalue weighted by Crippen LogP contribution is -2.31. The Balaban J connectivity index is 2.53. The zero-order valence-corrected chi connectivity index (χ0v) is 12.8. The molecule has 2 atom stereocenters. The van der Waals surface area contributed by atoms with Crippen LogP contribution in [0.15, 0.2) is 16.6 Å². The van der Waals surface area contributed by atoms with E-state index in [0.717, 1.165) is 11.5 Å². The molecule has 0 saturated heterocycles. The normalized spacial score (nSPS) is 23.3. The first-order valence-electron chi connectivity index (χ1n) is 5.87. The second-order valence-electron chi connectivity index (χ2n) is 4.17. The van der Waals surface area contributed by atoms with Gasteiger partial charge in [0.05, 0.1) is 7.11 Å². The highest BCUT2D eigenvalue weighted by molar-refractivity contribution is 9.10. The van der Waals surface area contributed by atoms with Crippen LogP contribution in [0.5, 0.6) is 5.75 Å². The minimum Gasteiger partial charge on any atom is -0.496 e. The monoisotopic (exact) mass is 315 g/mol. The van der Waals surface area contributed by atoms with Crippen molar-refractivity contribution in [1.82, 2.24) is 5.32 Å². The third kappa shape index (κ3) is 2.35. The minimum absolute atomic E-state index is 0.376. The standard InChI is InChI=1S/C13H18BrNOS/c1-4-11-13(15-2)12-8(7-17-11)9(14)5-6-10(12)16-3/h5-6,11,13,15H,4,7H2,1-3H3.